The largest absolute Gasteiger partial charge is 0.462 e. The van der Waals surface area contributed by atoms with Crippen LogP contribution in [0.3, 0.4) is 0 Å². The molecule has 118 valence electrons. The fourth-order valence-electron chi connectivity index (χ4n) is 2.19. The summed E-state index contributed by atoms with van der Waals surface area (Å²) >= 11 is 0. The average molecular weight is 312 g/mol. The van der Waals surface area contributed by atoms with E-state index in [1.54, 1.807) is 25.9 Å². The first kappa shape index (κ1) is 16.1. The van der Waals surface area contributed by atoms with Crippen LogP contribution >= 0.6 is 0 Å². The molecule has 0 N–H and O–H groups in total. The van der Waals surface area contributed by atoms with Gasteiger partial charge in [0.2, 0.25) is 0 Å². The molecule has 22 heavy (non-hydrogen) atoms. The van der Waals surface area contributed by atoms with Crippen molar-refractivity contribution in [2.75, 3.05) is 25.6 Å². The zero-order chi connectivity index (χ0) is 16.5. The number of carbonyl (C=O) groups is 1. The molecular weight excluding hydrogens is 297 g/mol. The lowest BCUT2D eigenvalue weighted by Crippen LogP contribution is -2.17. The highest BCUT2D eigenvalue weighted by Crippen LogP contribution is 2.35. The third-order valence-corrected chi connectivity index (χ3v) is 3.11. The number of alkyl halides is 3. The number of rotatable bonds is 3. The summed E-state index contributed by atoms with van der Waals surface area (Å²) in [5.41, 5.74) is 0.0869. The van der Waals surface area contributed by atoms with Crippen molar-refractivity contribution >= 4 is 22.6 Å². The highest BCUT2D eigenvalue weighted by Gasteiger charge is 2.31. The predicted octanol–water partition coefficient (Wildman–Crippen LogP) is 3.50. The number of carbonyl (C=O) groups excluding carboxylic acids is 1. The molecule has 0 bridgehead atoms. The molecule has 4 nitrogen and oxygen atoms in total. The Hall–Kier alpha value is -2.31. The van der Waals surface area contributed by atoms with Crippen molar-refractivity contribution in [3.8, 4) is 0 Å². The second-order valence-electron chi connectivity index (χ2n) is 4.87. The molecule has 1 aromatic carbocycles. The number of hydrogen-bond acceptors (Lipinski definition) is 4. The highest BCUT2D eigenvalue weighted by molar-refractivity contribution is 6.05. The molecular formula is C15H15F3N2O2. The Morgan fingerprint density at radius 2 is 2.00 bits per heavy atom. The molecule has 2 rings (SSSR count). The third kappa shape index (κ3) is 2.98. The molecule has 1 aromatic heterocycles. The summed E-state index contributed by atoms with van der Waals surface area (Å²) < 4.78 is 43.6. The van der Waals surface area contributed by atoms with Crippen molar-refractivity contribution < 1.29 is 22.7 Å². The number of nitrogens with zero attached hydrogens (tertiary/aromatic N) is 2. The minimum atomic E-state index is -4.46. The summed E-state index contributed by atoms with van der Waals surface area (Å²) in [7, 11) is 3.30. The van der Waals surface area contributed by atoms with Gasteiger partial charge in [-0.25, -0.2) is 4.79 Å². The van der Waals surface area contributed by atoms with Gasteiger partial charge in [-0.05, 0) is 25.1 Å². The number of benzene rings is 1. The molecule has 0 saturated heterocycles. The Balaban J connectivity index is 2.74. The summed E-state index contributed by atoms with van der Waals surface area (Å²) in [5, 5.41) is 0.255. The number of halogens is 3. The van der Waals surface area contributed by atoms with Crippen molar-refractivity contribution in [3.05, 3.63) is 35.5 Å². The summed E-state index contributed by atoms with van der Waals surface area (Å²) in [6.07, 6.45) is -3.14. The maximum absolute atomic E-state index is 12.9. The van der Waals surface area contributed by atoms with Crippen LogP contribution in [0.15, 0.2) is 24.4 Å². The fourth-order valence-corrected chi connectivity index (χ4v) is 2.19. The van der Waals surface area contributed by atoms with Crippen LogP contribution in [0.2, 0.25) is 0 Å². The summed E-state index contributed by atoms with van der Waals surface area (Å²) in [4.78, 5) is 17.6. The molecule has 0 saturated carbocycles. The van der Waals surface area contributed by atoms with E-state index in [1.165, 1.54) is 12.3 Å². The Kier molecular flexibility index (Phi) is 4.25. The van der Waals surface area contributed by atoms with Gasteiger partial charge in [0.1, 0.15) is 5.56 Å². The number of aromatic nitrogens is 1. The van der Waals surface area contributed by atoms with Crippen molar-refractivity contribution in [2.24, 2.45) is 0 Å². The Labute approximate surface area is 125 Å². The fraction of sp³-hybridized carbons (Fsp3) is 0.333. The monoisotopic (exact) mass is 312 g/mol. The number of ether oxygens (including phenoxy) is 1. The molecule has 0 radical (unpaired) electrons. The number of esters is 1. The number of anilines is 1. The Morgan fingerprint density at radius 3 is 2.55 bits per heavy atom. The average Bonchev–Trinajstić information content (AvgIpc) is 2.44. The SMILES string of the molecule is CCOC(=O)c1cnc2ccc(C(F)(F)F)cc2c1N(C)C. The maximum atomic E-state index is 12.9. The second-order valence-corrected chi connectivity index (χ2v) is 4.87. The smallest absolute Gasteiger partial charge is 0.416 e. The van der Waals surface area contributed by atoms with Gasteiger partial charge in [-0.3, -0.25) is 4.98 Å². The van der Waals surface area contributed by atoms with E-state index in [4.69, 9.17) is 4.74 Å². The molecule has 7 heteroatoms. The van der Waals surface area contributed by atoms with Crippen molar-refractivity contribution in [2.45, 2.75) is 13.1 Å². The standard InChI is InChI=1S/C15H15F3N2O2/c1-4-22-14(21)11-8-19-12-6-5-9(15(16,17)18)7-10(12)13(11)20(2)3/h5-8H,4H2,1-3H3. The van der Waals surface area contributed by atoms with Gasteiger partial charge in [0.25, 0.3) is 0 Å². The lowest BCUT2D eigenvalue weighted by atomic mass is 10.1. The van der Waals surface area contributed by atoms with E-state index in [0.717, 1.165) is 12.1 Å². The van der Waals surface area contributed by atoms with E-state index in [9.17, 15) is 18.0 Å². The number of fused-ring (bicyclic) bond motifs is 1. The van der Waals surface area contributed by atoms with E-state index in [1.807, 2.05) is 0 Å². The van der Waals surface area contributed by atoms with Crippen LogP contribution in [0.25, 0.3) is 10.9 Å². The zero-order valence-electron chi connectivity index (χ0n) is 12.4. The van der Waals surface area contributed by atoms with E-state index in [0.29, 0.717) is 11.2 Å². The van der Waals surface area contributed by atoms with Crippen molar-refractivity contribution in [1.82, 2.24) is 4.98 Å². The first-order chi connectivity index (χ1) is 10.3. The molecule has 1 heterocycles. The van der Waals surface area contributed by atoms with Gasteiger partial charge in [-0.15, -0.1) is 0 Å². The molecule has 0 aliphatic heterocycles. The van der Waals surface area contributed by atoms with Crippen LogP contribution in [-0.2, 0) is 10.9 Å². The third-order valence-electron chi connectivity index (χ3n) is 3.11. The van der Waals surface area contributed by atoms with Crippen LogP contribution < -0.4 is 4.90 Å². The van der Waals surface area contributed by atoms with Gasteiger partial charge >= 0.3 is 12.1 Å². The molecule has 0 amide bonds. The minimum absolute atomic E-state index is 0.138. The van der Waals surface area contributed by atoms with Crippen LogP contribution in [0, 0.1) is 0 Å². The molecule has 0 spiro atoms. The van der Waals surface area contributed by atoms with Crippen LogP contribution in [-0.4, -0.2) is 31.7 Å². The van der Waals surface area contributed by atoms with Gasteiger partial charge < -0.3 is 9.64 Å². The first-order valence-corrected chi connectivity index (χ1v) is 6.60. The maximum Gasteiger partial charge on any atom is 0.416 e. The lowest BCUT2D eigenvalue weighted by Gasteiger charge is -2.19. The topological polar surface area (TPSA) is 42.4 Å². The quantitative estimate of drug-likeness (QED) is 0.814. The molecule has 2 aromatic rings. The molecule has 0 aliphatic rings. The molecule has 0 fully saturated rings. The summed E-state index contributed by atoms with van der Waals surface area (Å²) in [5.74, 6) is -0.613. The van der Waals surface area contributed by atoms with E-state index in [-0.39, 0.29) is 17.6 Å². The highest BCUT2D eigenvalue weighted by atomic mass is 19.4. The van der Waals surface area contributed by atoms with Gasteiger partial charge in [-0.1, -0.05) is 0 Å². The van der Waals surface area contributed by atoms with Crippen LogP contribution in [0.5, 0.6) is 0 Å². The summed E-state index contributed by atoms with van der Waals surface area (Å²) in [6.45, 7) is 1.83. The van der Waals surface area contributed by atoms with E-state index in [2.05, 4.69) is 4.98 Å². The summed E-state index contributed by atoms with van der Waals surface area (Å²) in [6, 6.07) is 3.26. The minimum Gasteiger partial charge on any atom is -0.462 e. The van der Waals surface area contributed by atoms with Crippen molar-refractivity contribution in [3.63, 3.8) is 0 Å². The van der Waals surface area contributed by atoms with E-state index < -0.39 is 17.7 Å². The zero-order valence-corrected chi connectivity index (χ0v) is 12.4. The van der Waals surface area contributed by atoms with Gasteiger partial charge in [0, 0.05) is 25.7 Å². The van der Waals surface area contributed by atoms with Gasteiger partial charge in [0.05, 0.1) is 23.4 Å². The van der Waals surface area contributed by atoms with Crippen LogP contribution in [0.1, 0.15) is 22.8 Å². The molecule has 0 aliphatic carbocycles. The Morgan fingerprint density at radius 1 is 1.32 bits per heavy atom. The number of pyridine rings is 1. The van der Waals surface area contributed by atoms with Gasteiger partial charge in [-0.2, -0.15) is 13.2 Å². The molecule has 0 atom stereocenters. The van der Waals surface area contributed by atoms with Gasteiger partial charge in [0.15, 0.2) is 0 Å². The Bertz CT molecular complexity index is 712. The van der Waals surface area contributed by atoms with Crippen molar-refractivity contribution in [1.29, 1.82) is 0 Å². The predicted molar refractivity (Wildman–Crippen MR) is 77.0 cm³/mol. The lowest BCUT2D eigenvalue weighted by molar-refractivity contribution is -0.137. The number of hydrogen-bond donors (Lipinski definition) is 0. The van der Waals surface area contributed by atoms with Crippen LogP contribution in [0.4, 0.5) is 18.9 Å². The van der Waals surface area contributed by atoms with E-state index >= 15 is 0 Å². The normalized spacial score (nSPS) is 11.5. The molecule has 0 unspecified atom stereocenters. The second kappa shape index (κ2) is 5.82. The first-order valence-electron chi connectivity index (χ1n) is 6.60.